The Hall–Kier alpha value is -2.94. The van der Waals surface area contributed by atoms with Gasteiger partial charge in [0.25, 0.3) is 0 Å². The zero-order valence-corrected chi connectivity index (χ0v) is 11.3. The summed E-state index contributed by atoms with van der Waals surface area (Å²) in [5.41, 5.74) is 5.96. The quantitative estimate of drug-likeness (QED) is 0.401. The van der Waals surface area contributed by atoms with Crippen LogP contribution < -0.4 is 0 Å². The second-order valence-corrected chi connectivity index (χ2v) is 5.25. The molecule has 4 aromatic heterocycles. The minimum atomic E-state index is 1.16. The molecule has 0 radical (unpaired) electrons. The summed E-state index contributed by atoms with van der Waals surface area (Å²) in [5, 5.41) is 0. The maximum atomic E-state index is 2.25. The van der Waals surface area contributed by atoms with Crippen molar-refractivity contribution in [2.24, 2.45) is 0 Å². The van der Waals surface area contributed by atoms with Crippen LogP contribution >= 0.6 is 0 Å². The zero-order chi connectivity index (χ0) is 13.8. The van der Waals surface area contributed by atoms with Crippen LogP contribution in [0.25, 0.3) is 27.7 Å². The molecule has 100 valence electrons. The van der Waals surface area contributed by atoms with Crippen molar-refractivity contribution in [1.29, 1.82) is 0 Å². The molecule has 3 heteroatoms. The molecule has 0 saturated carbocycles. The van der Waals surface area contributed by atoms with E-state index in [1.165, 1.54) is 22.1 Å². The van der Waals surface area contributed by atoms with Crippen molar-refractivity contribution < 1.29 is 0 Å². The highest BCUT2D eigenvalue weighted by atomic mass is 15.1. The Balaban J connectivity index is 2.32. The van der Waals surface area contributed by atoms with Gasteiger partial charge in [0.15, 0.2) is 0 Å². The van der Waals surface area contributed by atoms with E-state index in [1.54, 1.807) is 0 Å². The number of hydrogen-bond donors (Lipinski definition) is 0. The van der Waals surface area contributed by atoms with Gasteiger partial charge in [0.05, 0.1) is 22.1 Å². The van der Waals surface area contributed by atoms with Gasteiger partial charge < -0.3 is 13.2 Å². The highest BCUT2D eigenvalue weighted by molar-refractivity contribution is 5.85. The summed E-state index contributed by atoms with van der Waals surface area (Å²) in [6.07, 6.45) is 6.36. The van der Waals surface area contributed by atoms with Gasteiger partial charge in [-0.25, -0.2) is 0 Å². The Labute approximate surface area is 120 Å². The van der Waals surface area contributed by atoms with Crippen LogP contribution in [0.3, 0.4) is 0 Å². The number of benzene rings is 1. The normalized spacial score (nSPS) is 11.8. The third-order valence-electron chi connectivity index (χ3n) is 4.13. The van der Waals surface area contributed by atoms with E-state index in [4.69, 9.17) is 0 Å². The van der Waals surface area contributed by atoms with Crippen LogP contribution in [-0.4, -0.2) is 13.2 Å². The van der Waals surface area contributed by atoms with Crippen molar-refractivity contribution in [3.63, 3.8) is 0 Å². The molecule has 0 spiro atoms. The molecule has 21 heavy (non-hydrogen) atoms. The highest BCUT2D eigenvalue weighted by Crippen LogP contribution is 2.22. The van der Waals surface area contributed by atoms with E-state index in [-0.39, 0.29) is 0 Å². The minimum Gasteiger partial charge on any atom is -0.313 e. The van der Waals surface area contributed by atoms with Gasteiger partial charge in [-0.1, -0.05) is 12.1 Å². The van der Waals surface area contributed by atoms with Gasteiger partial charge in [-0.05, 0) is 48.5 Å². The summed E-state index contributed by atoms with van der Waals surface area (Å²) >= 11 is 0. The van der Waals surface area contributed by atoms with Gasteiger partial charge in [0, 0.05) is 18.6 Å². The first-order valence-corrected chi connectivity index (χ1v) is 7.06. The second-order valence-electron chi connectivity index (χ2n) is 5.25. The Morgan fingerprint density at radius 1 is 0.429 bits per heavy atom. The van der Waals surface area contributed by atoms with E-state index < -0.39 is 0 Å². The molecule has 1 aromatic carbocycles. The fourth-order valence-electron chi connectivity index (χ4n) is 3.23. The maximum Gasteiger partial charge on any atom is 0.121 e. The van der Waals surface area contributed by atoms with Crippen molar-refractivity contribution in [1.82, 2.24) is 13.2 Å². The highest BCUT2D eigenvalue weighted by Gasteiger charge is 2.06. The number of hydrogen-bond acceptors (Lipinski definition) is 0. The number of para-hydroxylation sites is 2. The number of aromatic nitrogens is 3. The molecular formula is C18H13N3. The Morgan fingerprint density at radius 2 is 0.857 bits per heavy atom. The van der Waals surface area contributed by atoms with E-state index in [0.717, 1.165) is 5.65 Å². The minimum absolute atomic E-state index is 1.16. The SMILES string of the molecule is c1ccc2c(c1)n1cccc1c1cccn1c1cccn21. The van der Waals surface area contributed by atoms with Gasteiger partial charge in [0.1, 0.15) is 5.65 Å². The number of nitrogens with zero attached hydrogens (tertiary/aromatic N) is 3. The molecule has 0 fully saturated rings. The molecule has 0 bridgehead atoms. The first-order chi connectivity index (χ1) is 10.4. The summed E-state index contributed by atoms with van der Waals surface area (Å²) in [4.78, 5) is 0. The Morgan fingerprint density at radius 3 is 1.48 bits per heavy atom. The molecule has 0 unspecified atom stereocenters. The van der Waals surface area contributed by atoms with E-state index in [1.807, 2.05) is 0 Å². The van der Waals surface area contributed by atoms with E-state index in [2.05, 4.69) is 92.5 Å². The average Bonchev–Trinajstić information content (AvgIpc) is 3.24. The van der Waals surface area contributed by atoms with Crippen molar-refractivity contribution in [2.45, 2.75) is 0 Å². The van der Waals surface area contributed by atoms with Crippen LogP contribution in [-0.2, 0) is 0 Å². The first kappa shape index (κ1) is 10.8. The predicted molar refractivity (Wildman–Crippen MR) is 85.6 cm³/mol. The topological polar surface area (TPSA) is 13.2 Å². The number of rotatable bonds is 0. The van der Waals surface area contributed by atoms with Crippen molar-refractivity contribution in [2.75, 3.05) is 0 Å². The summed E-state index contributed by atoms with van der Waals surface area (Å²) < 4.78 is 6.73. The lowest BCUT2D eigenvalue weighted by Gasteiger charge is -2.07. The Bertz CT molecular complexity index is 1050. The van der Waals surface area contributed by atoms with Crippen molar-refractivity contribution >= 4 is 27.7 Å². The third kappa shape index (κ3) is 1.32. The standard InChI is InChI=1S/C18H13N3/c1-2-7-16-14(6-1)19-11-3-8-15(19)17-9-4-12-20(17)18-10-5-13-21(16)18/h1-13H. The van der Waals surface area contributed by atoms with Crippen LogP contribution in [0.1, 0.15) is 0 Å². The van der Waals surface area contributed by atoms with Crippen LogP contribution in [0.4, 0.5) is 0 Å². The van der Waals surface area contributed by atoms with Crippen molar-refractivity contribution in [3.8, 4) is 0 Å². The van der Waals surface area contributed by atoms with E-state index in [0.29, 0.717) is 0 Å². The lowest BCUT2D eigenvalue weighted by Crippen LogP contribution is -1.95. The first-order valence-electron chi connectivity index (χ1n) is 7.06. The largest absolute Gasteiger partial charge is 0.313 e. The molecule has 0 amide bonds. The molecule has 0 atom stereocenters. The summed E-state index contributed by atoms with van der Waals surface area (Å²) in [7, 11) is 0. The maximum absolute atomic E-state index is 2.25. The lowest BCUT2D eigenvalue weighted by molar-refractivity contribution is 1.13. The van der Waals surface area contributed by atoms with Crippen LogP contribution in [0.2, 0.25) is 0 Å². The third-order valence-corrected chi connectivity index (χ3v) is 4.13. The lowest BCUT2D eigenvalue weighted by atomic mass is 10.3. The smallest absolute Gasteiger partial charge is 0.121 e. The van der Waals surface area contributed by atoms with Gasteiger partial charge in [-0.15, -0.1) is 0 Å². The molecule has 0 N–H and O–H groups in total. The predicted octanol–water partition coefficient (Wildman–Crippen LogP) is 4.16. The molecule has 0 saturated heterocycles. The molecule has 0 aliphatic rings. The monoisotopic (exact) mass is 271 g/mol. The fourth-order valence-corrected chi connectivity index (χ4v) is 3.23. The molecule has 4 heterocycles. The number of fused-ring (bicyclic) bond motifs is 8. The van der Waals surface area contributed by atoms with Gasteiger partial charge in [-0.3, -0.25) is 0 Å². The fraction of sp³-hybridized carbons (Fsp3) is 0. The van der Waals surface area contributed by atoms with Crippen molar-refractivity contribution in [3.05, 3.63) is 79.3 Å². The van der Waals surface area contributed by atoms with Gasteiger partial charge in [0.2, 0.25) is 0 Å². The summed E-state index contributed by atoms with van der Waals surface area (Å²) in [6, 6.07) is 21.3. The van der Waals surface area contributed by atoms with E-state index >= 15 is 0 Å². The van der Waals surface area contributed by atoms with Crippen LogP contribution in [0.5, 0.6) is 0 Å². The van der Waals surface area contributed by atoms with Crippen LogP contribution in [0.15, 0.2) is 79.3 Å². The average molecular weight is 271 g/mol. The summed E-state index contributed by atoms with van der Waals surface area (Å²) in [6.45, 7) is 0. The Kier molecular flexibility index (Phi) is 1.95. The van der Waals surface area contributed by atoms with Gasteiger partial charge >= 0.3 is 0 Å². The molecule has 0 aliphatic heterocycles. The van der Waals surface area contributed by atoms with Crippen LogP contribution in [0, 0.1) is 0 Å². The second kappa shape index (κ2) is 3.79. The summed E-state index contributed by atoms with van der Waals surface area (Å²) in [5.74, 6) is 0. The molecule has 5 rings (SSSR count). The molecular weight excluding hydrogens is 258 g/mol. The molecule has 5 aromatic rings. The van der Waals surface area contributed by atoms with Gasteiger partial charge in [-0.2, -0.15) is 0 Å². The molecule has 0 aliphatic carbocycles. The molecule has 3 nitrogen and oxygen atoms in total. The zero-order valence-electron chi connectivity index (χ0n) is 11.3. The van der Waals surface area contributed by atoms with E-state index in [9.17, 15) is 0 Å².